The molecule has 0 aromatic carbocycles. The summed E-state index contributed by atoms with van der Waals surface area (Å²) in [7, 11) is 0. The second-order valence-corrected chi connectivity index (χ2v) is 7.43. The number of amides is 1. The number of rotatable bonds is 10. The molecular formula is C17H24FN3O7S. The number of nitrogens with one attached hydrogen (secondary N) is 1. The smallest absolute Gasteiger partial charge is 0.465 e. The monoisotopic (exact) mass is 433 g/mol. The molecule has 0 unspecified atom stereocenters. The molecule has 0 bridgehead atoms. The highest BCUT2D eigenvalue weighted by atomic mass is 32.2. The van der Waals surface area contributed by atoms with Gasteiger partial charge in [-0.2, -0.15) is 4.98 Å². The van der Waals surface area contributed by atoms with Gasteiger partial charge in [-0.15, -0.1) is 11.8 Å². The van der Waals surface area contributed by atoms with Gasteiger partial charge in [0, 0.05) is 5.75 Å². The summed E-state index contributed by atoms with van der Waals surface area (Å²) in [4.78, 5) is 37.5. The number of hydrogen-bond acceptors (Lipinski definition) is 8. The van der Waals surface area contributed by atoms with Crippen LogP contribution in [0.25, 0.3) is 0 Å². The van der Waals surface area contributed by atoms with Crippen LogP contribution in [0.4, 0.5) is 19.8 Å². The summed E-state index contributed by atoms with van der Waals surface area (Å²) in [5, 5.41) is 10.3. The molecule has 12 heteroatoms. The molecule has 29 heavy (non-hydrogen) atoms. The maximum absolute atomic E-state index is 13.9. The van der Waals surface area contributed by atoms with Crippen molar-refractivity contribution < 1.29 is 33.3 Å². The molecule has 2 N–H and O–H groups in total. The summed E-state index contributed by atoms with van der Waals surface area (Å²) >= 11 is 1.28. The molecule has 0 radical (unpaired) electrons. The molecule has 0 aliphatic carbocycles. The lowest BCUT2D eigenvalue weighted by Crippen LogP contribution is -2.30. The van der Waals surface area contributed by atoms with Crippen molar-refractivity contribution in [1.82, 2.24) is 9.55 Å². The molecule has 1 saturated heterocycles. The zero-order valence-corrected chi connectivity index (χ0v) is 16.8. The fraction of sp³-hybridized carbons (Fsp3) is 0.647. The quantitative estimate of drug-likeness (QED) is 0.422. The first-order valence-electron chi connectivity index (χ1n) is 9.26. The van der Waals surface area contributed by atoms with E-state index in [2.05, 4.69) is 11.9 Å². The Morgan fingerprint density at radius 1 is 1.38 bits per heavy atom. The van der Waals surface area contributed by atoms with Gasteiger partial charge >= 0.3 is 17.9 Å². The second kappa shape index (κ2) is 11.6. The highest BCUT2D eigenvalue weighted by Crippen LogP contribution is 2.31. The van der Waals surface area contributed by atoms with Crippen molar-refractivity contribution in [2.24, 2.45) is 0 Å². The minimum absolute atomic E-state index is 0.0842. The van der Waals surface area contributed by atoms with Gasteiger partial charge < -0.3 is 19.3 Å². The summed E-state index contributed by atoms with van der Waals surface area (Å²) in [5.41, 5.74) is -1.42. The summed E-state index contributed by atoms with van der Waals surface area (Å²) in [6.45, 7) is 2.33. The summed E-state index contributed by atoms with van der Waals surface area (Å²) < 4.78 is 30.4. The van der Waals surface area contributed by atoms with Crippen LogP contribution in [-0.2, 0) is 14.2 Å². The zero-order chi connectivity index (χ0) is 21.2. The lowest BCUT2D eigenvalue weighted by atomic mass is 10.2. The SMILES string of the molecule is CCCCCCCOC(=O)OC[C@@H]1O[C@H](n2cc(F)c(NC(=O)O)nc2=O)CS1. The molecule has 2 heterocycles. The predicted molar refractivity (Wildman–Crippen MR) is 103 cm³/mol. The Morgan fingerprint density at radius 3 is 2.86 bits per heavy atom. The zero-order valence-electron chi connectivity index (χ0n) is 16.0. The minimum atomic E-state index is -1.54. The van der Waals surface area contributed by atoms with Gasteiger partial charge in [0.1, 0.15) is 18.3 Å². The molecule has 162 valence electrons. The Bertz CT molecular complexity index is 761. The van der Waals surface area contributed by atoms with Crippen LogP contribution >= 0.6 is 11.8 Å². The fourth-order valence-electron chi connectivity index (χ4n) is 2.56. The fourth-order valence-corrected chi connectivity index (χ4v) is 3.55. The average Bonchev–Trinajstić information content (AvgIpc) is 3.14. The van der Waals surface area contributed by atoms with Gasteiger partial charge in [0.05, 0.1) is 12.8 Å². The number of thioether (sulfide) groups is 1. The van der Waals surface area contributed by atoms with Crippen LogP contribution in [0, 0.1) is 5.82 Å². The van der Waals surface area contributed by atoms with Crippen LogP contribution in [0.1, 0.15) is 45.3 Å². The maximum atomic E-state index is 13.9. The lowest BCUT2D eigenvalue weighted by molar-refractivity contribution is -0.0242. The first-order chi connectivity index (χ1) is 13.9. The van der Waals surface area contributed by atoms with Crippen molar-refractivity contribution in [1.29, 1.82) is 0 Å². The molecule has 2 atom stereocenters. The van der Waals surface area contributed by atoms with Gasteiger partial charge in [0.2, 0.25) is 0 Å². The van der Waals surface area contributed by atoms with E-state index in [1.807, 2.05) is 0 Å². The van der Waals surface area contributed by atoms with Crippen molar-refractivity contribution in [3.05, 3.63) is 22.5 Å². The van der Waals surface area contributed by atoms with Gasteiger partial charge in [-0.1, -0.05) is 32.6 Å². The molecule has 1 aliphatic rings. The standard InChI is InChI=1S/C17H24FN3O7S/c1-2-3-4-5-6-7-26-17(25)27-9-13-28-12(10-29-13)21-8-11(18)14(19-15(21)22)20-16(23)24/h8,12-13H,2-7,9-10H2,1H3,(H,23,24)(H,19,20,22)/t12-,13+/m0/s1. The van der Waals surface area contributed by atoms with Crippen molar-refractivity contribution in [2.45, 2.75) is 50.7 Å². The van der Waals surface area contributed by atoms with Crippen LogP contribution < -0.4 is 11.0 Å². The lowest BCUT2D eigenvalue weighted by Gasteiger charge is -2.15. The Kier molecular flexibility index (Phi) is 9.19. The number of aromatic nitrogens is 2. The first-order valence-corrected chi connectivity index (χ1v) is 10.3. The highest BCUT2D eigenvalue weighted by Gasteiger charge is 2.30. The van der Waals surface area contributed by atoms with E-state index < -0.39 is 41.2 Å². The van der Waals surface area contributed by atoms with Crippen LogP contribution in [0.2, 0.25) is 0 Å². The second-order valence-electron chi connectivity index (χ2n) is 6.23. The minimum Gasteiger partial charge on any atom is -0.465 e. The number of carbonyl (C=O) groups is 2. The normalized spacial score (nSPS) is 18.4. The average molecular weight is 433 g/mol. The van der Waals surface area contributed by atoms with Gasteiger partial charge in [0.25, 0.3) is 0 Å². The number of carbonyl (C=O) groups excluding carboxylic acids is 1. The highest BCUT2D eigenvalue weighted by molar-refractivity contribution is 8.00. The summed E-state index contributed by atoms with van der Waals surface area (Å²) in [6, 6.07) is 0. The molecule has 0 saturated carbocycles. The summed E-state index contributed by atoms with van der Waals surface area (Å²) in [5.74, 6) is -1.39. The first kappa shape index (κ1) is 22.9. The van der Waals surface area contributed by atoms with E-state index in [1.54, 1.807) is 5.32 Å². The number of ether oxygens (including phenoxy) is 3. The van der Waals surface area contributed by atoms with Crippen LogP contribution in [0.15, 0.2) is 11.0 Å². The number of halogens is 1. The number of hydrogen-bond donors (Lipinski definition) is 2. The maximum Gasteiger partial charge on any atom is 0.508 e. The third kappa shape index (κ3) is 7.54. The number of carboxylic acid groups (broad SMARTS) is 1. The molecule has 1 aromatic rings. The molecule has 1 aromatic heterocycles. The molecule has 1 amide bonds. The van der Waals surface area contributed by atoms with E-state index in [0.29, 0.717) is 12.4 Å². The molecular weight excluding hydrogens is 409 g/mol. The van der Waals surface area contributed by atoms with Crippen LogP contribution in [0.5, 0.6) is 0 Å². The van der Waals surface area contributed by atoms with Gasteiger partial charge in [-0.25, -0.2) is 18.8 Å². The van der Waals surface area contributed by atoms with E-state index >= 15 is 0 Å². The van der Waals surface area contributed by atoms with Crippen LogP contribution in [-0.4, -0.2) is 51.3 Å². The Balaban J connectivity index is 1.76. The Hall–Kier alpha value is -2.34. The topological polar surface area (TPSA) is 129 Å². The van der Waals surface area contributed by atoms with E-state index in [4.69, 9.17) is 19.3 Å². The number of anilines is 1. The van der Waals surface area contributed by atoms with E-state index in [0.717, 1.165) is 42.9 Å². The Morgan fingerprint density at radius 2 is 2.14 bits per heavy atom. The van der Waals surface area contributed by atoms with Crippen molar-refractivity contribution in [3.8, 4) is 0 Å². The number of unbranched alkanes of at least 4 members (excludes halogenated alkanes) is 4. The predicted octanol–water partition coefficient (Wildman–Crippen LogP) is 3.18. The van der Waals surface area contributed by atoms with Crippen molar-refractivity contribution >= 4 is 29.8 Å². The third-order valence-corrected chi connectivity index (χ3v) is 5.08. The molecule has 1 aliphatic heterocycles. The molecule has 1 fully saturated rings. The van der Waals surface area contributed by atoms with E-state index in [-0.39, 0.29) is 6.61 Å². The molecule has 0 spiro atoms. The summed E-state index contributed by atoms with van der Waals surface area (Å²) in [6.07, 6.45) is 2.84. The van der Waals surface area contributed by atoms with Gasteiger partial charge in [-0.05, 0) is 6.42 Å². The van der Waals surface area contributed by atoms with Gasteiger partial charge in [0.15, 0.2) is 11.6 Å². The van der Waals surface area contributed by atoms with Gasteiger partial charge in [-0.3, -0.25) is 9.88 Å². The van der Waals surface area contributed by atoms with Crippen molar-refractivity contribution in [3.63, 3.8) is 0 Å². The van der Waals surface area contributed by atoms with E-state index in [9.17, 15) is 18.8 Å². The Labute approximate surface area is 170 Å². The van der Waals surface area contributed by atoms with Crippen molar-refractivity contribution in [2.75, 3.05) is 24.3 Å². The molecule has 2 rings (SSSR count). The molecule has 10 nitrogen and oxygen atoms in total. The van der Waals surface area contributed by atoms with Crippen LogP contribution in [0.3, 0.4) is 0 Å². The number of nitrogens with zero attached hydrogens (tertiary/aromatic N) is 2. The van der Waals surface area contributed by atoms with E-state index in [1.165, 1.54) is 11.8 Å². The third-order valence-electron chi connectivity index (χ3n) is 3.98. The largest absolute Gasteiger partial charge is 0.508 e.